The fraction of sp³-hybridized carbons (Fsp3) is 0.625. The molecule has 0 unspecified atom stereocenters. The zero-order chi connectivity index (χ0) is 10.3. The third-order valence-corrected chi connectivity index (χ3v) is 2.37. The molecule has 0 aliphatic carbocycles. The Kier molecular flexibility index (Phi) is 2.02. The molecule has 0 aromatic carbocycles. The summed E-state index contributed by atoms with van der Waals surface area (Å²) in [4.78, 5) is 0. The second kappa shape index (κ2) is 2.98. The summed E-state index contributed by atoms with van der Waals surface area (Å²) in [7, 11) is 0. The van der Waals surface area contributed by atoms with Crippen molar-refractivity contribution >= 4 is 0 Å². The maximum Gasteiger partial charge on any atom is 0.435 e. The van der Waals surface area contributed by atoms with Crippen LogP contribution in [-0.2, 0) is 12.7 Å². The molecule has 3 nitrogen and oxygen atoms in total. The Morgan fingerprint density at radius 3 is 2.79 bits per heavy atom. The van der Waals surface area contributed by atoms with Gasteiger partial charge in [-0.25, -0.2) is 0 Å². The highest BCUT2D eigenvalue weighted by atomic mass is 19.4. The summed E-state index contributed by atoms with van der Waals surface area (Å²) in [5.74, 6) is 0. The first-order valence-electron chi connectivity index (χ1n) is 4.39. The van der Waals surface area contributed by atoms with Crippen molar-refractivity contribution in [2.24, 2.45) is 5.73 Å². The van der Waals surface area contributed by atoms with Gasteiger partial charge in [0.1, 0.15) is 0 Å². The van der Waals surface area contributed by atoms with Crippen molar-refractivity contribution in [2.45, 2.75) is 31.6 Å². The molecule has 78 valence electrons. The van der Waals surface area contributed by atoms with Crippen LogP contribution >= 0.6 is 0 Å². The third kappa shape index (κ3) is 1.50. The molecule has 0 fully saturated rings. The monoisotopic (exact) mass is 205 g/mol. The maximum atomic E-state index is 12.3. The number of aromatic nitrogens is 2. The van der Waals surface area contributed by atoms with E-state index >= 15 is 0 Å². The van der Waals surface area contributed by atoms with Gasteiger partial charge in [0, 0.05) is 12.6 Å². The van der Waals surface area contributed by atoms with Crippen molar-refractivity contribution < 1.29 is 13.2 Å². The molecule has 0 saturated carbocycles. The molecule has 2 N–H and O–H groups in total. The molecule has 1 aromatic heterocycles. The van der Waals surface area contributed by atoms with Gasteiger partial charge < -0.3 is 5.73 Å². The highest BCUT2D eigenvalue weighted by Gasteiger charge is 2.36. The van der Waals surface area contributed by atoms with Crippen LogP contribution < -0.4 is 5.73 Å². The molecule has 14 heavy (non-hydrogen) atoms. The van der Waals surface area contributed by atoms with Gasteiger partial charge in [0.2, 0.25) is 0 Å². The summed E-state index contributed by atoms with van der Waals surface area (Å²) >= 11 is 0. The minimum Gasteiger partial charge on any atom is -0.323 e. The summed E-state index contributed by atoms with van der Waals surface area (Å²) < 4.78 is 38.2. The van der Waals surface area contributed by atoms with E-state index in [0.717, 1.165) is 18.9 Å². The Bertz CT molecular complexity index is 342. The molecule has 1 aromatic rings. The normalized spacial score (nSPS) is 22.1. The number of alkyl halides is 3. The Morgan fingerprint density at radius 1 is 1.50 bits per heavy atom. The van der Waals surface area contributed by atoms with Crippen LogP contribution in [0.3, 0.4) is 0 Å². The number of hydrogen-bond acceptors (Lipinski definition) is 2. The van der Waals surface area contributed by atoms with Gasteiger partial charge in [-0.2, -0.15) is 18.3 Å². The lowest BCUT2D eigenvalue weighted by Crippen LogP contribution is -2.21. The average Bonchev–Trinajstić information content (AvgIpc) is 2.48. The first-order valence-corrected chi connectivity index (χ1v) is 4.39. The minimum absolute atomic E-state index is 0.313. The second-order valence-corrected chi connectivity index (χ2v) is 3.42. The van der Waals surface area contributed by atoms with Gasteiger partial charge in [-0.1, -0.05) is 0 Å². The van der Waals surface area contributed by atoms with Crippen LogP contribution in [0.4, 0.5) is 13.2 Å². The molecule has 1 aliphatic heterocycles. The highest BCUT2D eigenvalue weighted by molar-refractivity contribution is 5.17. The average molecular weight is 205 g/mol. The Morgan fingerprint density at radius 2 is 2.21 bits per heavy atom. The highest BCUT2D eigenvalue weighted by Crippen LogP contribution is 2.32. The Labute approximate surface area is 78.7 Å². The summed E-state index contributed by atoms with van der Waals surface area (Å²) in [5.41, 5.74) is 5.32. The zero-order valence-electron chi connectivity index (χ0n) is 7.38. The Balaban J connectivity index is 2.40. The van der Waals surface area contributed by atoms with E-state index in [-0.39, 0.29) is 6.04 Å². The van der Waals surface area contributed by atoms with Gasteiger partial charge in [0.05, 0.1) is 5.69 Å². The second-order valence-electron chi connectivity index (χ2n) is 3.42. The van der Waals surface area contributed by atoms with Crippen molar-refractivity contribution in [1.82, 2.24) is 9.78 Å². The molecule has 1 aliphatic rings. The van der Waals surface area contributed by atoms with Crippen LogP contribution in [-0.4, -0.2) is 9.78 Å². The van der Waals surface area contributed by atoms with E-state index in [4.69, 9.17) is 5.73 Å². The largest absolute Gasteiger partial charge is 0.435 e. The third-order valence-electron chi connectivity index (χ3n) is 2.37. The molecule has 0 spiro atoms. The minimum atomic E-state index is -4.37. The first-order chi connectivity index (χ1) is 6.48. The van der Waals surface area contributed by atoms with Crippen LogP contribution in [0.1, 0.15) is 30.3 Å². The number of hydrogen-bond donors (Lipinski definition) is 1. The van der Waals surface area contributed by atoms with E-state index in [1.165, 1.54) is 4.68 Å². The van der Waals surface area contributed by atoms with Gasteiger partial charge in [0.15, 0.2) is 5.69 Å². The fourth-order valence-corrected chi connectivity index (χ4v) is 1.66. The van der Waals surface area contributed by atoms with E-state index < -0.39 is 11.9 Å². The van der Waals surface area contributed by atoms with Gasteiger partial charge in [-0.15, -0.1) is 0 Å². The SMILES string of the molecule is N[C@@H]1CCCn2nc(C(F)(F)F)cc21. The molecular formula is C8H10F3N3. The van der Waals surface area contributed by atoms with Gasteiger partial charge in [0.25, 0.3) is 0 Å². The van der Waals surface area contributed by atoms with Crippen molar-refractivity contribution in [2.75, 3.05) is 0 Å². The van der Waals surface area contributed by atoms with Crippen LogP contribution in [0.2, 0.25) is 0 Å². The summed E-state index contributed by atoms with van der Waals surface area (Å²) in [6, 6.07) is 0.733. The van der Waals surface area contributed by atoms with E-state index in [2.05, 4.69) is 5.10 Å². The number of nitrogens with zero attached hydrogens (tertiary/aromatic N) is 2. The molecule has 2 heterocycles. The lowest BCUT2D eigenvalue weighted by molar-refractivity contribution is -0.141. The topological polar surface area (TPSA) is 43.8 Å². The van der Waals surface area contributed by atoms with E-state index in [1.807, 2.05) is 0 Å². The van der Waals surface area contributed by atoms with Crippen LogP contribution in [0.25, 0.3) is 0 Å². The van der Waals surface area contributed by atoms with Crippen molar-refractivity contribution in [3.63, 3.8) is 0 Å². The van der Waals surface area contributed by atoms with Crippen molar-refractivity contribution in [3.05, 3.63) is 17.5 Å². The van der Waals surface area contributed by atoms with E-state index in [9.17, 15) is 13.2 Å². The smallest absolute Gasteiger partial charge is 0.323 e. The lowest BCUT2D eigenvalue weighted by atomic mass is 10.1. The lowest BCUT2D eigenvalue weighted by Gasteiger charge is -2.19. The molecule has 0 bridgehead atoms. The molecule has 1 atom stereocenters. The van der Waals surface area contributed by atoms with Gasteiger partial charge >= 0.3 is 6.18 Å². The summed E-state index contributed by atoms with van der Waals surface area (Å²) in [5, 5.41) is 3.48. The Hall–Kier alpha value is -1.04. The predicted molar refractivity (Wildman–Crippen MR) is 43.4 cm³/mol. The standard InChI is InChI=1S/C8H10F3N3/c9-8(10,11)7-4-6-5(12)2-1-3-14(6)13-7/h4-5H,1-3,12H2/t5-/m1/s1. The van der Waals surface area contributed by atoms with Crippen LogP contribution in [0, 0.1) is 0 Å². The predicted octanol–water partition coefficient (Wildman–Crippen LogP) is 1.70. The van der Waals surface area contributed by atoms with Crippen LogP contribution in [0.5, 0.6) is 0 Å². The number of fused-ring (bicyclic) bond motifs is 1. The van der Waals surface area contributed by atoms with Crippen molar-refractivity contribution in [1.29, 1.82) is 0 Å². The first kappa shape index (κ1) is 9.51. The summed E-state index contributed by atoms with van der Waals surface area (Å²) in [6.07, 6.45) is -2.86. The summed E-state index contributed by atoms with van der Waals surface area (Å²) in [6.45, 7) is 0.527. The number of halogens is 3. The number of rotatable bonds is 0. The molecule has 0 saturated heterocycles. The molecular weight excluding hydrogens is 195 g/mol. The molecule has 0 radical (unpaired) electrons. The molecule has 6 heteroatoms. The molecule has 2 rings (SSSR count). The zero-order valence-corrected chi connectivity index (χ0v) is 7.38. The molecule has 0 amide bonds. The van der Waals surface area contributed by atoms with Gasteiger partial charge in [-0.05, 0) is 18.9 Å². The number of nitrogens with two attached hydrogens (primary N) is 1. The number of aryl methyl sites for hydroxylation is 1. The van der Waals surface area contributed by atoms with Crippen LogP contribution in [0.15, 0.2) is 6.07 Å². The van der Waals surface area contributed by atoms with E-state index in [0.29, 0.717) is 12.2 Å². The van der Waals surface area contributed by atoms with E-state index in [1.54, 1.807) is 0 Å². The maximum absolute atomic E-state index is 12.3. The fourth-order valence-electron chi connectivity index (χ4n) is 1.66. The quantitative estimate of drug-likeness (QED) is 0.700. The van der Waals surface area contributed by atoms with Crippen molar-refractivity contribution in [3.8, 4) is 0 Å². The van der Waals surface area contributed by atoms with Gasteiger partial charge in [-0.3, -0.25) is 4.68 Å².